The zero-order valence-electron chi connectivity index (χ0n) is 17.9. The summed E-state index contributed by atoms with van der Waals surface area (Å²) in [6, 6.07) is 0.539. The van der Waals surface area contributed by atoms with Crippen LogP contribution in [0, 0.1) is 0 Å². The lowest BCUT2D eigenvalue weighted by atomic mass is 10.1. The number of likely N-dealkylation sites (tertiary alicyclic amines) is 1. The SMILES string of the molecule is CN=C(NCC1CN(C)CCN1C)N1CCC(OCC2CCCCO2)CC1.I. The fourth-order valence-corrected chi connectivity index (χ4v) is 4.28. The maximum atomic E-state index is 6.14. The predicted molar refractivity (Wildman–Crippen MR) is 125 cm³/mol. The third-order valence-corrected chi connectivity index (χ3v) is 6.22. The number of aliphatic imine (C=N–C) groups is 1. The fraction of sp³-hybridized carbons (Fsp3) is 0.950. The van der Waals surface area contributed by atoms with Crippen molar-refractivity contribution in [2.75, 3.05) is 73.6 Å². The molecule has 0 radical (unpaired) electrons. The van der Waals surface area contributed by atoms with Crippen LogP contribution in [-0.4, -0.2) is 113 Å². The summed E-state index contributed by atoms with van der Waals surface area (Å²) in [5, 5.41) is 3.61. The molecule has 2 unspecified atom stereocenters. The van der Waals surface area contributed by atoms with Crippen LogP contribution in [0.1, 0.15) is 32.1 Å². The molecule has 3 heterocycles. The minimum absolute atomic E-state index is 0. The number of nitrogens with zero attached hydrogens (tertiary/aromatic N) is 4. The molecule has 3 fully saturated rings. The first-order chi connectivity index (χ1) is 13.2. The summed E-state index contributed by atoms with van der Waals surface area (Å²) in [5.41, 5.74) is 0. The van der Waals surface area contributed by atoms with E-state index in [0.717, 1.165) is 77.7 Å². The zero-order chi connectivity index (χ0) is 19.1. The van der Waals surface area contributed by atoms with Gasteiger partial charge >= 0.3 is 0 Å². The molecule has 0 amide bonds. The van der Waals surface area contributed by atoms with Gasteiger partial charge in [0.1, 0.15) is 0 Å². The maximum Gasteiger partial charge on any atom is 0.193 e. The van der Waals surface area contributed by atoms with Crippen LogP contribution in [0.4, 0.5) is 0 Å². The Kier molecular flexibility index (Phi) is 10.8. The molecule has 3 saturated heterocycles. The second-order valence-corrected chi connectivity index (χ2v) is 8.33. The number of rotatable bonds is 5. The number of halogens is 1. The Morgan fingerprint density at radius 2 is 1.89 bits per heavy atom. The quantitative estimate of drug-likeness (QED) is 0.345. The van der Waals surface area contributed by atoms with Crippen LogP contribution >= 0.6 is 24.0 Å². The van der Waals surface area contributed by atoms with Crippen LogP contribution < -0.4 is 5.32 Å². The van der Waals surface area contributed by atoms with Crippen molar-refractivity contribution in [1.29, 1.82) is 0 Å². The Labute approximate surface area is 188 Å². The maximum absolute atomic E-state index is 6.14. The van der Waals surface area contributed by atoms with E-state index in [9.17, 15) is 0 Å². The number of hydrogen-bond acceptors (Lipinski definition) is 5. The van der Waals surface area contributed by atoms with Gasteiger partial charge in [-0.25, -0.2) is 0 Å². The molecule has 8 heteroatoms. The largest absolute Gasteiger partial charge is 0.376 e. The fourth-order valence-electron chi connectivity index (χ4n) is 4.28. The van der Waals surface area contributed by atoms with Crippen LogP contribution in [-0.2, 0) is 9.47 Å². The molecule has 0 saturated carbocycles. The zero-order valence-corrected chi connectivity index (χ0v) is 20.3. The van der Waals surface area contributed by atoms with E-state index in [1.807, 2.05) is 7.05 Å². The molecule has 3 aliphatic heterocycles. The Hall–Kier alpha value is -0.160. The molecule has 0 bridgehead atoms. The third-order valence-electron chi connectivity index (χ3n) is 6.22. The molecular formula is C20H40IN5O2. The highest BCUT2D eigenvalue weighted by atomic mass is 127. The standard InChI is InChI=1S/C20H39N5O2.HI/c1-21-20(22-14-17-15-23(2)11-12-24(17)3)25-9-7-18(8-10-25)27-16-19-6-4-5-13-26-19;/h17-19H,4-16H2,1-3H3,(H,21,22);1H. The Morgan fingerprint density at radius 1 is 1.11 bits per heavy atom. The van der Waals surface area contributed by atoms with Gasteiger partial charge in [0, 0.05) is 59.0 Å². The van der Waals surface area contributed by atoms with Crippen molar-refractivity contribution < 1.29 is 9.47 Å². The van der Waals surface area contributed by atoms with E-state index >= 15 is 0 Å². The van der Waals surface area contributed by atoms with E-state index in [1.165, 1.54) is 12.8 Å². The number of nitrogens with one attached hydrogen (secondary N) is 1. The van der Waals surface area contributed by atoms with Gasteiger partial charge in [0.25, 0.3) is 0 Å². The van der Waals surface area contributed by atoms with Gasteiger partial charge in [-0.3, -0.25) is 9.89 Å². The summed E-state index contributed by atoms with van der Waals surface area (Å²) in [6.07, 6.45) is 6.45. The first kappa shape index (κ1) is 24.1. The molecule has 7 nitrogen and oxygen atoms in total. The van der Waals surface area contributed by atoms with Crippen molar-refractivity contribution >= 4 is 29.9 Å². The molecular weight excluding hydrogens is 469 g/mol. The highest BCUT2D eigenvalue weighted by Crippen LogP contribution is 2.18. The Balaban J connectivity index is 0.00000280. The van der Waals surface area contributed by atoms with Gasteiger partial charge in [-0.05, 0) is 46.2 Å². The minimum atomic E-state index is 0. The minimum Gasteiger partial charge on any atom is -0.376 e. The summed E-state index contributed by atoms with van der Waals surface area (Å²) in [6.45, 7) is 8.03. The molecule has 0 spiro atoms. The van der Waals surface area contributed by atoms with Crippen molar-refractivity contribution in [3.63, 3.8) is 0 Å². The number of piperazine rings is 1. The van der Waals surface area contributed by atoms with E-state index < -0.39 is 0 Å². The van der Waals surface area contributed by atoms with Gasteiger partial charge in [0.05, 0.1) is 18.8 Å². The van der Waals surface area contributed by atoms with Crippen LogP contribution in [0.15, 0.2) is 4.99 Å². The molecule has 3 aliphatic rings. The number of hydrogen-bond donors (Lipinski definition) is 1. The van der Waals surface area contributed by atoms with Gasteiger partial charge in [0.2, 0.25) is 0 Å². The molecule has 1 N–H and O–H groups in total. The summed E-state index contributed by atoms with van der Waals surface area (Å²) < 4.78 is 11.9. The third kappa shape index (κ3) is 7.27. The van der Waals surface area contributed by atoms with Crippen molar-refractivity contribution in [2.45, 2.75) is 50.4 Å². The molecule has 28 heavy (non-hydrogen) atoms. The first-order valence-corrected chi connectivity index (χ1v) is 10.7. The monoisotopic (exact) mass is 509 g/mol. The lowest BCUT2D eigenvalue weighted by Gasteiger charge is -2.39. The van der Waals surface area contributed by atoms with Gasteiger partial charge in [-0.1, -0.05) is 0 Å². The molecule has 164 valence electrons. The van der Waals surface area contributed by atoms with Gasteiger partial charge < -0.3 is 24.6 Å². The van der Waals surface area contributed by atoms with E-state index in [4.69, 9.17) is 9.47 Å². The lowest BCUT2D eigenvalue weighted by Crippen LogP contribution is -2.56. The highest BCUT2D eigenvalue weighted by molar-refractivity contribution is 14.0. The summed E-state index contributed by atoms with van der Waals surface area (Å²) in [5.74, 6) is 1.03. The number of piperidine rings is 1. The second kappa shape index (κ2) is 12.5. The van der Waals surface area contributed by atoms with Crippen molar-refractivity contribution in [3.8, 4) is 0 Å². The van der Waals surface area contributed by atoms with E-state index in [-0.39, 0.29) is 24.0 Å². The molecule has 2 atom stereocenters. The van der Waals surface area contributed by atoms with Crippen LogP contribution in [0.2, 0.25) is 0 Å². The molecule has 3 rings (SSSR count). The van der Waals surface area contributed by atoms with Crippen molar-refractivity contribution in [2.24, 2.45) is 4.99 Å². The number of likely N-dealkylation sites (N-methyl/N-ethyl adjacent to an activating group) is 2. The predicted octanol–water partition coefficient (Wildman–Crippen LogP) is 1.48. The van der Waals surface area contributed by atoms with E-state index in [0.29, 0.717) is 18.2 Å². The molecule has 0 aromatic rings. The molecule has 0 aromatic carbocycles. The number of ether oxygens (including phenoxy) is 2. The Morgan fingerprint density at radius 3 is 2.57 bits per heavy atom. The molecule has 0 aliphatic carbocycles. The first-order valence-electron chi connectivity index (χ1n) is 10.7. The van der Waals surface area contributed by atoms with Crippen LogP contribution in [0.5, 0.6) is 0 Å². The van der Waals surface area contributed by atoms with Gasteiger partial charge in [0.15, 0.2) is 5.96 Å². The average molecular weight is 509 g/mol. The van der Waals surface area contributed by atoms with E-state index in [1.54, 1.807) is 0 Å². The van der Waals surface area contributed by atoms with Gasteiger partial charge in [-0.2, -0.15) is 0 Å². The summed E-state index contributed by atoms with van der Waals surface area (Å²) in [4.78, 5) is 11.8. The van der Waals surface area contributed by atoms with Crippen LogP contribution in [0.3, 0.4) is 0 Å². The normalized spacial score (nSPS) is 28.8. The van der Waals surface area contributed by atoms with Gasteiger partial charge in [-0.15, -0.1) is 24.0 Å². The number of guanidine groups is 1. The van der Waals surface area contributed by atoms with Crippen molar-refractivity contribution in [1.82, 2.24) is 20.0 Å². The second-order valence-electron chi connectivity index (χ2n) is 8.33. The highest BCUT2D eigenvalue weighted by Gasteiger charge is 2.26. The summed E-state index contributed by atoms with van der Waals surface area (Å²) in [7, 11) is 6.32. The lowest BCUT2D eigenvalue weighted by molar-refractivity contribution is -0.0721. The van der Waals surface area contributed by atoms with E-state index in [2.05, 4.69) is 39.1 Å². The topological polar surface area (TPSA) is 52.6 Å². The average Bonchev–Trinajstić information content (AvgIpc) is 2.71. The smallest absolute Gasteiger partial charge is 0.193 e. The van der Waals surface area contributed by atoms with Crippen LogP contribution in [0.25, 0.3) is 0 Å². The summed E-state index contributed by atoms with van der Waals surface area (Å²) >= 11 is 0. The Bertz CT molecular complexity index is 468. The molecule has 0 aromatic heterocycles. The van der Waals surface area contributed by atoms with Crippen molar-refractivity contribution in [3.05, 3.63) is 0 Å².